The van der Waals surface area contributed by atoms with Crippen molar-refractivity contribution in [3.8, 4) is 0 Å². The molecule has 0 saturated carbocycles. The molecule has 2 aromatic rings. The molecule has 1 atom stereocenters. The van der Waals surface area contributed by atoms with Gasteiger partial charge in [-0.1, -0.05) is 6.07 Å². The van der Waals surface area contributed by atoms with E-state index in [9.17, 15) is 0 Å². The van der Waals surface area contributed by atoms with Crippen LogP contribution in [0.15, 0.2) is 30.5 Å². The molecular weight excluding hydrogens is 148 g/mol. The molecule has 0 saturated heterocycles. The fourth-order valence-corrected chi connectivity index (χ4v) is 1.35. The van der Waals surface area contributed by atoms with Crippen LogP contribution in [0.2, 0.25) is 0 Å². The Labute approximate surface area is 71.4 Å². The minimum absolute atomic E-state index is 0.115. The van der Waals surface area contributed by atoms with Crippen molar-refractivity contribution in [3.05, 3.63) is 36.0 Å². The maximum absolute atomic E-state index is 5.76. The Morgan fingerprint density at radius 2 is 2.17 bits per heavy atom. The van der Waals surface area contributed by atoms with Gasteiger partial charge < -0.3 is 10.7 Å². The molecule has 0 spiro atoms. The molecule has 0 amide bonds. The van der Waals surface area contributed by atoms with Crippen molar-refractivity contribution in [1.29, 1.82) is 0 Å². The number of fused-ring (bicyclic) bond motifs is 1. The number of benzene rings is 1. The highest BCUT2D eigenvalue weighted by molar-refractivity contribution is 5.79. The highest BCUT2D eigenvalue weighted by atomic mass is 14.7. The van der Waals surface area contributed by atoms with Crippen LogP contribution in [0.1, 0.15) is 18.5 Å². The lowest BCUT2D eigenvalue weighted by molar-refractivity contribution is 0.820. The van der Waals surface area contributed by atoms with Gasteiger partial charge in [-0.15, -0.1) is 0 Å². The summed E-state index contributed by atoms with van der Waals surface area (Å²) in [4.78, 5) is 3.14. The first-order valence-corrected chi connectivity index (χ1v) is 4.10. The molecule has 2 heteroatoms. The summed E-state index contributed by atoms with van der Waals surface area (Å²) in [6, 6.07) is 8.42. The van der Waals surface area contributed by atoms with Crippen LogP contribution in [0.3, 0.4) is 0 Å². The first-order valence-electron chi connectivity index (χ1n) is 4.10. The van der Waals surface area contributed by atoms with Crippen molar-refractivity contribution in [2.75, 3.05) is 0 Å². The first-order chi connectivity index (χ1) is 5.77. The number of rotatable bonds is 1. The molecule has 1 aromatic carbocycles. The van der Waals surface area contributed by atoms with Crippen LogP contribution in [0.5, 0.6) is 0 Å². The molecule has 1 aromatic heterocycles. The van der Waals surface area contributed by atoms with Gasteiger partial charge in [-0.05, 0) is 36.1 Å². The van der Waals surface area contributed by atoms with Gasteiger partial charge in [0.05, 0.1) is 0 Å². The Bertz CT molecular complexity index is 387. The number of nitrogens with one attached hydrogen (secondary N) is 1. The van der Waals surface area contributed by atoms with Crippen molar-refractivity contribution >= 4 is 10.9 Å². The van der Waals surface area contributed by atoms with Gasteiger partial charge in [-0.25, -0.2) is 0 Å². The summed E-state index contributed by atoms with van der Waals surface area (Å²) in [5.41, 5.74) is 8.11. The molecule has 0 bridgehead atoms. The second-order valence-corrected chi connectivity index (χ2v) is 3.11. The second kappa shape index (κ2) is 2.64. The molecule has 0 fully saturated rings. The van der Waals surface area contributed by atoms with Gasteiger partial charge in [-0.2, -0.15) is 0 Å². The summed E-state index contributed by atoms with van der Waals surface area (Å²) >= 11 is 0. The zero-order valence-corrected chi connectivity index (χ0v) is 7.04. The molecule has 12 heavy (non-hydrogen) atoms. The van der Waals surface area contributed by atoms with Crippen molar-refractivity contribution < 1.29 is 0 Å². The lowest BCUT2D eigenvalue weighted by Crippen LogP contribution is -2.04. The molecule has 0 aliphatic rings. The summed E-state index contributed by atoms with van der Waals surface area (Å²) in [7, 11) is 0. The largest absolute Gasteiger partial charge is 0.361 e. The monoisotopic (exact) mass is 160 g/mol. The Kier molecular flexibility index (Phi) is 1.62. The molecule has 0 radical (unpaired) electrons. The van der Waals surface area contributed by atoms with E-state index in [1.807, 2.05) is 13.1 Å². The lowest BCUT2D eigenvalue weighted by atomic mass is 10.1. The van der Waals surface area contributed by atoms with Gasteiger partial charge >= 0.3 is 0 Å². The van der Waals surface area contributed by atoms with E-state index in [1.165, 1.54) is 16.5 Å². The Morgan fingerprint density at radius 3 is 2.92 bits per heavy atom. The van der Waals surface area contributed by atoms with Gasteiger partial charge in [-0.3, -0.25) is 0 Å². The third kappa shape index (κ3) is 1.10. The van der Waals surface area contributed by atoms with Crippen molar-refractivity contribution in [3.63, 3.8) is 0 Å². The van der Waals surface area contributed by atoms with Crippen LogP contribution in [0.25, 0.3) is 10.9 Å². The molecule has 0 unspecified atom stereocenters. The minimum atomic E-state index is 0.115. The Hall–Kier alpha value is -1.28. The van der Waals surface area contributed by atoms with Gasteiger partial charge in [0, 0.05) is 17.8 Å². The number of aromatic nitrogens is 1. The fourth-order valence-electron chi connectivity index (χ4n) is 1.35. The number of nitrogens with two attached hydrogens (primary N) is 1. The zero-order chi connectivity index (χ0) is 8.55. The van der Waals surface area contributed by atoms with E-state index >= 15 is 0 Å². The molecule has 3 N–H and O–H groups in total. The van der Waals surface area contributed by atoms with Crippen molar-refractivity contribution in [1.82, 2.24) is 4.98 Å². The van der Waals surface area contributed by atoms with E-state index in [4.69, 9.17) is 5.73 Å². The average Bonchev–Trinajstić information content (AvgIpc) is 2.49. The normalized spacial score (nSPS) is 13.5. The van der Waals surface area contributed by atoms with Gasteiger partial charge in [0.15, 0.2) is 0 Å². The minimum Gasteiger partial charge on any atom is -0.361 e. The maximum atomic E-state index is 5.76. The Morgan fingerprint density at radius 1 is 1.33 bits per heavy atom. The molecule has 0 aliphatic heterocycles. The zero-order valence-electron chi connectivity index (χ0n) is 7.04. The van der Waals surface area contributed by atoms with Crippen LogP contribution < -0.4 is 5.73 Å². The molecule has 2 nitrogen and oxygen atoms in total. The predicted octanol–water partition coefficient (Wildman–Crippen LogP) is 2.19. The highest BCUT2D eigenvalue weighted by Crippen LogP contribution is 2.17. The predicted molar refractivity (Wildman–Crippen MR) is 50.9 cm³/mol. The van der Waals surface area contributed by atoms with Gasteiger partial charge in [0.2, 0.25) is 0 Å². The van der Waals surface area contributed by atoms with Crippen LogP contribution in [-0.2, 0) is 0 Å². The third-order valence-electron chi connectivity index (χ3n) is 2.10. The first kappa shape index (κ1) is 7.37. The van der Waals surface area contributed by atoms with Crippen molar-refractivity contribution in [2.45, 2.75) is 13.0 Å². The highest BCUT2D eigenvalue weighted by Gasteiger charge is 2.00. The number of aromatic amines is 1. The quantitative estimate of drug-likeness (QED) is 0.659. The van der Waals surface area contributed by atoms with E-state index in [2.05, 4.69) is 29.2 Å². The SMILES string of the molecule is C[C@H](N)c1ccc2[nH]ccc2c1. The fraction of sp³-hybridized carbons (Fsp3) is 0.200. The summed E-state index contributed by atoms with van der Waals surface area (Å²) in [5.74, 6) is 0. The number of hydrogen-bond acceptors (Lipinski definition) is 1. The van der Waals surface area contributed by atoms with Gasteiger partial charge in [0.25, 0.3) is 0 Å². The Balaban J connectivity index is 2.60. The van der Waals surface area contributed by atoms with E-state index in [1.54, 1.807) is 0 Å². The van der Waals surface area contributed by atoms with E-state index in [0.717, 1.165) is 0 Å². The summed E-state index contributed by atoms with van der Waals surface area (Å²) in [6.07, 6.45) is 1.94. The number of hydrogen-bond donors (Lipinski definition) is 2. The maximum Gasteiger partial charge on any atom is 0.0454 e. The van der Waals surface area contributed by atoms with E-state index in [-0.39, 0.29) is 6.04 Å². The molecule has 62 valence electrons. The lowest BCUT2D eigenvalue weighted by Gasteiger charge is -2.04. The summed E-state index contributed by atoms with van der Waals surface area (Å²) in [6.45, 7) is 1.99. The molecule has 2 rings (SSSR count). The average molecular weight is 160 g/mol. The summed E-state index contributed by atoms with van der Waals surface area (Å²) in [5, 5.41) is 1.23. The number of H-pyrrole nitrogens is 1. The van der Waals surface area contributed by atoms with E-state index < -0.39 is 0 Å². The van der Waals surface area contributed by atoms with Crippen LogP contribution in [0, 0.1) is 0 Å². The molecule has 1 heterocycles. The van der Waals surface area contributed by atoms with Crippen LogP contribution in [-0.4, -0.2) is 4.98 Å². The smallest absolute Gasteiger partial charge is 0.0454 e. The van der Waals surface area contributed by atoms with Crippen LogP contribution in [0.4, 0.5) is 0 Å². The molecule has 0 aliphatic carbocycles. The van der Waals surface area contributed by atoms with Gasteiger partial charge in [0.1, 0.15) is 0 Å². The molecular formula is C10H12N2. The van der Waals surface area contributed by atoms with Crippen molar-refractivity contribution in [2.24, 2.45) is 5.73 Å². The topological polar surface area (TPSA) is 41.8 Å². The standard InChI is InChI=1S/C10H12N2/c1-7(11)8-2-3-10-9(6-8)4-5-12-10/h2-7,12H,11H2,1H3/t7-/m0/s1. The third-order valence-corrected chi connectivity index (χ3v) is 2.10. The summed E-state index contributed by atoms with van der Waals surface area (Å²) < 4.78 is 0. The second-order valence-electron chi connectivity index (χ2n) is 3.11. The van der Waals surface area contributed by atoms with E-state index in [0.29, 0.717) is 0 Å². The van der Waals surface area contributed by atoms with Crippen LogP contribution >= 0.6 is 0 Å².